The molecule has 0 spiro atoms. The first-order chi connectivity index (χ1) is 8.20. The number of hydrogen-bond acceptors (Lipinski definition) is 3. The number of anilines is 1. The molecule has 0 saturated carbocycles. The Kier molecular flexibility index (Phi) is 3.79. The number of fused-ring (bicyclic) bond motifs is 1. The highest BCUT2D eigenvalue weighted by atomic mass is 35.5. The maximum absolute atomic E-state index is 5.94. The summed E-state index contributed by atoms with van der Waals surface area (Å²) >= 11 is 5.94. The van der Waals surface area contributed by atoms with E-state index in [0.29, 0.717) is 11.1 Å². The minimum atomic E-state index is 0.355. The van der Waals surface area contributed by atoms with Crippen LogP contribution in [-0.4, -0.2) is 16.0 Å². The van der Waals surface area contributed by atoms with Gasteiger partial charge in [-0.3, -0.25) is 0 Å². The molecule has 1 heterocycles. The topological polar surface area (TPSA) is 37.8 Å². The maximum Gasteiger partial charge on any atom is 0.137 e. The Morgan fingerprint density at radius 1 is 1.41 bits per heavy atom. The van der Waals surface area contributed by atoms with Crippen molar-refractivity contribution in [2.45, 2.75) is 26.3 Å². The van der Waals surface area contributed by atoms with E-state index in [1.54, 1.807) is 6.33 Å². The van der Waals surface area contributed by atoms with Crippen LogP contribution in [0.4, 0.5) is 5.82 Å². The summed E-state index contributed by atoms with van der Waals surface area (Å²) in [7, 11) is 0. The summed E-state index contributed by atoms with van der Waals surface area (Å²) < 4.78 is 0. The van der Waals surface area contributed by atoms with Gasteiger partial charge in [-0.25, -0.2) is 9.97 Å². The third-order valence-electron chi connectivity index (χ3n) is 2.57. The summed E-state index contributed by atoms with van der Waals surface area (Å²) in [6.45, 7) is 4.18. The van der Waals surface area contributed by atoms with Crippen molar-refractivity contribution >= 4 is 28.3 Å². The van der Waals surface area contributed by atoms with Crippen LogP contribution in [-0.2, 0) is 0 Å². The summed E-state index contributed by atoms with van der Waals surface area (Å²) in [5, 5.41) is 5.07. The van der Waals surface area contributed by atoms with Crippen LogP contribution >= 0.6 is 11.6 Å². The van der Waals surface area contributed by atoms with Crippen LogP contribution in [0.3, 0.4) is 0 Å². The minimum absolute atomic E-state index is 0.355. The van der Waals surface area contributed by atoms with Crippen LogP contribution in [0.5, 0.6) is 0 Å². The smallest absolute Gasteiger partial charge is 0.137 e. The largest absolute Gasteiger partial charge is 0.367 e. The Morgan fingerprint density at radius 2 is 2.24 bits per heavy atom. The summed E-state index contributed by atoms with van der Waals surface area (Å²) in [5.74, 6) is 0.862. The molecule has 0 fully saturated rings. The molecule has 0 aliphatic rings. The normalized spacial score (nSPS) is 12.6. The number of benzene rings is 1. The fourth-order valence-electron chi connectivity index (χ4n) is 1.79. The molecule has 4 heteroatoms. The standard InChI is InChI=1S/C13H15ClN3/c1-3-4-9(2)17-13-11-6-5-10(14)7-12(11)15-8-16-13/h3,5-9H,4H2,1-2H3,(H,15,16,17). The summed E-state index contributed by atoms with van der Waals surface area (Å²) in [6, 6.07) is 6.01. The van der Waals surface area contributed by atoms with Gasteiger partial charge in [0.05, 0.1) is 5.52 Å². The Balaban J connectivity index is 2.34. The summed E-state index contributed by atoms with van der Waals surface area (Å²) in [5.41, 5.74) is 0.864. The highest BCUT2D eigenvalue weighted by Crippen LogP contribution is 2.23. The molecule has 17 heavy (non-hydrogen) atoms. The average molecular weight is 249 g/mol. The molecule has 1 N–H and O–H groups in total. The molecule has 0 saturated heterocycles. The van der Waals surface area contributed by atoms with Gasteiger partial charge in [-0.1, -0.05) is 18.5 Å². The Bertz CT molecular complexity index is 513. The molecular weight excluding hydrogens is 234 g/mol. The monoisotopic (exact) mass is 248 g/mol. The quantitative estimate of drug-likeness (QED) is 0.897. The molecule has 2 aromatic rings. The summed E-state index contributed by atoms with van der Waals surface area (Å²) in [6.07, 6.45) is 4.69. The van der Waals surface area contributed by atoms with Crippen LogP contribution in [0.2, 0.25) is 5.02 Å². The van der Waals surface area contributed by atoms with Crippen LogP contribution in [0, 0.1) is 6.42 Å². The van der Waals surface area contributed by atoms with Crippen LogP contribution in [0.1, 0.15) is 20.3 Å². The van der Waals surface area contributed by atoms with Gasteiger partial charge < -0.3 is 5.32 Å². The molecule has 1 radical (unpaired) electrons. The molecule has 89 valence electrons. The van der Waals surface area contributed by atoms with Crippen LogP contribution in [0.25, 0.3) is 10.9 Å². The molecule has 1 atom stereocenters. The zero-order valence-electron chi connectivity index (χ0n) is 9.94. The van der Waals surface area contributed by atoms with Crippen molar-refractivity contribution in [2.24, 2.45) is 0 Å². The van der Waals surface area contributed by atoms with Gasteiger partial charge in [-0.05, 0) is 38.0 Å². The van der Waals surface area contributed by atoms with Gasteiger partial charge in [-0.15, -0.1) is 0 Å². The fourth-order valence-corrected chi connectivity index (χ4v) is 1.96. The molecule has 3 nitrogen and oxygen atoms in total. The van der Waals surface area contributed by atoms with Crippen molar-refractivity contribution in [3.05, 3.63) is 36.0 Å². The van der Waals surface area contributed by atoms with Gasteiger partial charge in [0.2, 0.25) is 0 Å². The molecule has 1 unspecified atom stereocenters. The highest BCUT2D eigenvalue weighted by Gasteiger charge is 2.06. The van der Waals surface area contributed by atoms with Crippen molar-refractivity contribution < 1.29 is 0 Å². The lowest BCUT2D eigenvalue weighted by Gasteiger charge is -2.14. The second kappa shape index (κ2) is 5.32. The Labute approximate surface area is 106 Å². The predicted molar refractivity (Wildman–Crippen MR) is 72.2 cm³/mol. The molecule has 1 aromatic heterocycles. The second-order valence-electron chi connectivity index (χ2n) is 4.07. The number of nitrogens with one attached hydrogen (secondary N) is 1. The number of hydrogen-bond donors (Lipinski definition) is 1. The first-order valence-corrected chi connectivity index (χ1v) is 6.03. The Morgan fingerprint density at radius 3 is 3.00 bits per heavy atom. The predicted octanol–water partition coefficient (Wildman–Crippen LogP) is 3.70. The van der Waals surface area contributed by atoms with E-state index in [0.717, 1.165) is 23.1 Å². The van der Waals surface area contributed by atoms with Gasteiger partial charge >= 0.3 is 0 Å². The molecule has 0 aliphatic carbocycles. The van der Waals surface area contributed by atoms with Gasteiger partial charge in [0.15, 0.2) is 0 Å². The number of rotatable bonds is 4. The van der Waals surface area contributed by atoms with E-state index in [1.807, 2.05) is 18.2 Å². The van der Waals surface area contributed by atoms with Crippen molar-refractivity contribution in [3.63, 3.8) is 0 Å². The lowest BCUT2D eigenvalue weighted by molar-refractivity contribution is 0.773. The lowest BCUT2D eigenvalue weighted by Crippen LogP contribution is -2.16. The van der Waals surface area contributed by atoms with Crippen molar-refractivity contribution in [1.82, 2.24) is 9.97 Å². The SMILES string of the molecule is C[CH]CC(C)Nc1ncnc2cc(Cl)ccc12. The van der Waals surface area contributed by atoms with Gasteiger partial charge in [0, 0.05) is 16.5 Å². The van der Waals surface area contributed by atoms with E-state index in [9.17, 15) is 0 Å². The third kappa shape index (κ3) is 2.86. The Hall–Kier alpha value is -1.35. The van der Waals surface area contributed by atoms with Gasteiger partial charge in [-0.2, -0.15) is 0 Å². The van der Waals surface area contributed by atoms with E-state index in [1.165, 1.54) is 0 Å². The van der Waals surface area contributed by atoms with E-state index >= 15 is 0 Å². The number of halogens is 1. The van der Waals surface area contributed by atoms with E-state index in [4.69, 9.17) is 11.6 Å². The average Bonchev–Trinajstić information content (AvgIpc) is 2.29. The highest BCUT2D eigenvalue weighted by molar-refractivity contribution is 6.31. The van der Waals surface area contributed by atoms with Gasteiger partial charge in [0.25, 0.3) is 0 Å². The summed E-state index contributed by atoms with van der Waals surface area (Å²) in [4.78, 5) is 8.49. The van der Waals surface area contributed by atoms with E-state index in [2.05, 4.69) is 35.6 Å². The van der Waals surface area contributed by atoms with Crippen LogP contribution < -0.4 is 5.32 Å². The molecule has 0 amide bonds. The first kappa shape index (κ1) is 12.1. The van der Waals surface area contributed by atoms with E-state index < -0.39 is 0 Å². The van der Waals surface area contributed by atoms with Crippen molar-refractivity contribution in [3.8, 4) is 0 Å². The third-order valence-corrected chi connectivity index (χ3v) is 2.81. The molecule has 2 rings (SSSR count). The number of aromatic nitrogens is 2. The molecule has 1 aromatic carbocycles. The fraction of sp³-hybridized carbons (Fsp3) is 0.308. The molecule has 0 bridgehead atoms. The first-order valence-electron chi connectivity index (χ1n) is 5.65. The van der Waals surface area contributed by atoms with Crippen LogP contribution in [0.15, 0.2) is 24.5 Å². The zero-order chi connectivity index (χ0) is 12.3. The van der Waals surface area contributed by atoms with Gasteiger partial charge in [0.1, 0.15) is 12.1 Å². The minimum Gasteiger partial charge on any atom is -0.367 e. The van der Waals surface area contributed by atoms with E-state index in [-0.39, 0.29) is 0 Å². The number of nitrogens with zero attached hydrogens (tertiary/aromatic N) is 2. The zero-order valence-corrected chi connectivity index (χ0v) is 10.7. The second-order valence-corrected chi connectivity index (χ2v) is 4.51. The molecule has 0 aliphatic heterocycles. The maximum atomic E-state index is 5.94. The molecular formula is C13H15ClN3. The van der Waals surface area contributed by atoms with Crippen molar-refractivity contribution in [1.29, 1.82) is 0 Å². The van der Waals surface area contributed by atoms with Crippen molar-refractivity contribution in [2.75, 3.05) is 5.32 Å². The lowest BCUT2D eigenvalue weighted by atomic mass is 10.2.